The van der Waals surface area contributed by atoms with Gasteiger partial charge in [-0.2, -0.15) is 0 Å². The number of hydrogen-bond acceptors (Lipinski definition) is 7. The van der Waals surface area contributed by atoms with Crippen LogP contribution in [0.2, 0.25) is 0 Å². The van der Waals surface area contributed by atoms with Crippen molar-refractivity contribution in [2.24, 2.45) is 5.73 Å². The molecule has 36 heavy (non-hydrogen) atoms. The minimum Gasteiger partial charge on any atom is -0.508 e. The fourth-order valence-corrected chi connectivity index (χ4v) is 3.44. The summed E-state index contributed by atoms with van der Waals surface area (Å²) in [5, 5.41) is 29.7. The van der Waals surface area contributed by atoms with Crippen LogP contribution in [0.3, 0.4) is 0 Å². The molecule has 11 heteroatoms. The molecule has 0 aliphatic heterocycles. The van der Waals surface area contributed by atoms with E-state index in [0.29, 0.717) is 17.8 Å². The van der Waals surface area contributed by atoms with E-state index < -0.39 is 11.7 Å². The lowest BCUT2D eigenvalue weighted by atomic mass is 9.89. The van der Waals surface area contributed by atoms with Crippen LogP contribution in [0.25, 0.3) is 12.0 Å². The summed E-state index contributed by atoms with van der Waals surface area (Å²) < 4.78 is 1.11. The zero-order valence-electron chi connectivity index (χ0n) is 19.4. The number of H-pyrrole nitrogens is 1. The molecule has 0 amide bonds. The monoisotopic (exact) mass is 487 g/mol. The molecular weight excluding hydrogens is 462 g/mol. The van der Waals surface area contributed by atoms with Crippen molar-refractivity contribution in [3.05, 3.63) is 106 Å². The van der Waals surface area contributed by atoms with Gasteiger partial charge in [0.2, 0.25) is 0 Å². The van der Waals surface area contributed by atoms with Crippen LogP contribution in [0, 0.1) is 5.41 Å². The summed E-state index contributed by atoms with van der Waals surface area (Å²) in [5.74, 6) is -0.585. The molecule has 0 saturated heterocycles. The number of benzene rings is 2. The molecule has 2 heterocycles. The SMILES string of the molecule is C=Cc1cc(O)cc(C(Cc2ccc(C(=N)N)cc2)c2nn(-c3ncccn3)c(=O)[nH]2)c1.CC(=O)O. The van der Waals surface area contributed by atoms with Crippen molar-refractivity contribution < 1.29 is 15.0 Å². The van der Waals surface area contributed by atoms with Gasteiger partial charge < -0.3 is 15.9 Å². The Bertz CT molecular complexity index is 1420. The third-order valence-electron chi connectivity index (χ3n) is 5.01. The standard InChI is InChI=1S/C23H21N7O2.C2H4O2/c1-2-14-10-17(13-18(31)11-14)19(12-15-4-6-16(7-5-15)20(24)25)21-28-23(32)30(29-21)22-26-8-3-9-27-22;1-2(3)4/h2-11,13,19,31H,1,12H2,(H3,24,25)(H,28,29,32);1H3,(H,3,4). The molecular formula is C25H25N7O4. The van der Waals surface area contributed by atoms with Gasteiger partial charge in [0.05, 0.1) is 0 Å². The van der Waals surface area contributed by atoms with Crippen LogP contribution in [-0.2, 0) is 11.2 Å². The molecule has 0 spiro atoms. The summed E-state index contributed by atoms with van der Waals surface area (Å²) in [7, 11) is 0. The first kappa shape index (κ1) is 25.6. The molecule has 0 aliphatic rings. The number of aromatic amines is 1. The number of aromatic hydroxyl groups is 1. The van der Waals surface area contributed by atoms with Crippen molar-refractivity contribution in [1.82, 2.24) is 24.7 Å². The number of phenols is 1. The number of amidine groups is 1. The van der Waals surface area contributed by atoms with Gasteiger partial charge in [-0.1, -0.05) is 43.0 Å². The lowest BCUT2D eigenvalue weighted by Gasteiger charge is -2.16. The third kappa shape index (κ3) is 6.50. The van der Waals surface area contributed by atoms with Crippen LogP contribution in [0.4, 0.5) is 0 Å². The molecule has 4 rings (SSSR count). The number of rotatable bonds is 7. The van der Waals surface area contributed by atoms with E-state index in [2.05, 4.69) is 26.6 Å². The highest BCUT2D eigenvalue weighted by Gasteiger charge is 2.22. The minimum absolute atomic E-state index is 0.0114. The summed E-state index contributed by atoms with van der Waals surface area (Å²) in [5.41, 5.74) is 8.14. The number of carbonyl (C=O) groups is 1. The first-order valence-corrected chi connectivity index (χ1v) is 10.7. The van der Waals surface area contributed by atoms with Crippen molar-refractivity contribution >= 4 is 17.9 Å². The molecule has 0 saturated carbocycles. The summed E-state index contributed by atoms with van der Waals surface area (Å²) in [6, 6.07) is 14.1. The molecule has 2 aromatic heterocycles. The fourth-order valence-electron chi connectivity index (χ4n) is 3.44. The van der Waals surface area contributed by atoms with Crippen LogP contribution in [0.1, 0.15) is 40.9 Å². The normalized spacial score (nSPS) is 11.1. The quantitative estimate of drug-likeness (QED) is 0.194. The molecule has 2 aromatic carbocycles. The van der Waals surface area contributed by atoms with Gasteiger partial charge in [0.15, 0.2) is 0 Å². The molecule has 1 unspecified atom stereocenters. The van der Waals surface area contributed by atoms with E-state index in [1.54, 1.807) is 36.4 Å². The molecule has 0 aliphatic carbocycles. The lowest BCUT2D eigenvalue weighted by Crippen LogP contribution is -2.18. The van der Waals surface area contributed by atoms with E-state index in [4.69, 9.17) is 21.0 Å². The zero-order valence-corrected chi connectivity index (χ0v) is 19.4. The maximum Gasteiger partial charge on any atom is 0.350 e. The number of carboxylic acids is 1. The number of aliphatic carboxylic acids is 1. The molecule has 1 atom stereocenters. The first-order chi connectivity index (χ1) is 17.2. The second kappa shape index (κ2) is 11.4. The van der Waals surface area contributed by atoms with Crippen LogP contribution in [-0.4, -0.2) is 46.8 Å². The average Bonchev–Trinajstić information content (AvgIpc) is 3.23. The molecule has 6 N–H and O–H groups in total. The Kier molecular flexibility index (Phi) is 8.08. The van der Waals surface area contributed by atoms with Gasteiger partial charge in [-0.15, -0.1) is 9.78 Å². The van der Waals surface area contributed by atoms with Crippen molar-refractivity contribution in [2.45, 2.75) is 19.3 Å². The van der Waals surface area contributed by atoms with E-state index in [-0.39, 0.29) is 23.5 Å². The van der Waals surface area contributed by atoms with Crippen molar-refractivity contribution in [3.8, 4) is 11.7 Å². The second-order valence-corrected chi connectivity index (χ2v) is 7.72. The Morgan fingerprint density at radius 2 is 1.86 bits per heavy atom. The summed E-state index contributed by atoms with van der Waals surface area (Å²) in [6.07, 6.45) is 5.17. The number of nitrogens with two attached hydrogens (primary N) is 1. The Morgan fingerprint density at radius 1 is 1.22 bits per heavy atom. The zero-order chi connectivity index (χ0) is 26.2. The van der Waals surface area contributed by atoms with E-state index in [0.717, 1.165) is 28.3 Å². The maximum atomic E-state index is 12.6. The van der Waals surface area contributed by atoms with Gasteiger partial charge in [0.1, 0.15) is 17.4 Å². The molecule has 0 fully saturated rings. The van der Waals surface area contributed by atoms with E-state index in [9.17, 15) is 9.90 Å². The number of carboxylic acid groups (broad SMARTS) is 1. The maximum absolute atomic E-state index is 12.6. The van der Waals surface area contributed by atoms with Crippen LogP contribution in [0.5, 0.6) is 5.75 Å². The Morgan fingerprint density at radius 3 is 2.44 bits per heavy atom. The smallest absolute Gasteiger partial charge is 0.350 e. The molecule has 11 nitrogen and oxygen atoms in total. The van der Waals surface area contributed by atoms with Gasteiger partial charge in [-0.3, -0.25) is 15.2 Å². The Balaban J connectivity index is 0.000000840. The minimum atomic E-state index is -0.833. The second-order valence-electron chi connectivity index (χ2n) is 7.72. The van der Waals surface area contributed by atoms with Crippen molar-refractivity contribution in [1.29, 1.82) is 5.41 Å². The van der Waals surface area contributed by atoms with E-state index in [1.807, 2.05) is 18.2 Å². The number of phenolic OH excluding ortho intramolecular Hbond substituents is 1. The van der Waals surface area contributed by atoms with Crippen molar-refractivity contribution in [2.75, 3.05) is 0 Å². The van der Waals surface area contributed by atoms with Gasteiger partial charge in [0.25, 0.3) is 11.9 Å². The number of hydrogen-bond donors (Lipinski definition) is 5. The highest BCUT2D eigenvalue weighted by Crippen LogP contribution is 2.30. The summed E-state index contributed by atoms with van der Waals surface area (Å²) in [4.78, 5) is 32.6. The van der Waals surface area contributed by atoms with E-state index in [1.165, 1.54) is 12.4 Å². The van der Waals surface area contributed by atoms with Crippen LogP contribution >= 0.6 is 0 Å². The van der Waals surface area contributed by atoms with Gasteiger partial charge >= 0.3 is 5.69 Å². The largest absolute Gasteiger partial charge is 0.508 e. The number of aromatic nitrogens is 5. The summed E-state index contributed by atoms with van der Waals surface area (Å²) >= 11 is 0. The van der Waals surface area contributed by atoms with Gasteiger partial charge in [0, 0.05) is 30.8 Å². The predicted molar refractivity (Wildman–Crippen MR) is 134 cm³/mol. The number of nitrogens with one attached hydrogen (secondary N) is 2. The van der Waals surface area contributed by atoms with Crippen LogP contribution in [0.15, 0.2) is 72.3 Å². The fraction of sp³-hybridized carbons (Fsp3) is 0.120. The summed E-state index contributed by atoms with van der Waals surface area (Å²) in [6.45, 7) is 4.86. The van der Waals surface area contributed by atoms with Crippen molar-refractivity contribution in [3.63, 3.8) is 0 Å². The third-order valence-corrected chi connectivity index (χ3v) is 5.01. The molecule has 184 valence electrons. The van der Waals surface area contributed by atoms with Gasteiger partial charge in [-0.05, 0) is 41.3 Å². The first-order valence-electron chi connectivity index (χ1n) is 10.7. The van der Waals surface area contributed by atoms with E-state index >= 15 is 0 Å². The Labute approximate surface area is 206 Å². The Hall–Kier alpha value is -5.06. The lowest BCUT2D eigenvalue weighted by molar-refractivity contribution is -0.134. The number of nitrogen functional groups attached to an aromatic ring is 1. The number of nitrogens with zero attached hydrogens (tertiary/aromatic N) is 4. The highest BCUT2D eigenvalue weighted by atomic mass is 16.4. The predicted octanol–water partition coefficient (Wildman–Crippen LogP) is 2.45. The average molecular weight is 488 g/mol. The molecule has 0 bridgehead atoms. The topological polar surface area (TPSA) is 184 Å². The molecule has 4 aromatic rings. The van der Waals surface area contributed by atoms with Crippen LogP contribution < -0.4 is 11.4 Å². The van der Waals surface area contributed by atoms with Gasteiger partial charge in [-0.25, -0.2) is 14.8 Å². The highest BCUT2D eigenvalue weighted by molar-refractivity contribution is 5.94. The molecule has 0 radical (unpaired) electrons.